The van der Waals surface area contributed by atoms with Crippen LogP contribution in [0.25, 0.3) is 0 Å². The molecule has 3 nitrogen and oxygen atoms in total. The molecule has 0 aromatic carbocycles. The lowest BCUT2D eigenvalue weighted by Crippen LogP contribution is -2.07. The summed E-state index contributed by atoms with van der Waals surface area (Å²) in [5.41, 5.74) is 8.31. The van der Waals surface area contributed by atoms with Gasteiger partial charge in [-0.25, -0.2) is 4.98 Å². The van der Waals surface area contributed by atoms with Gasteiger partial charge < -0.3 is 10.3 Å². The average Bonchev–Trinajstić information content (AvgIpc) is 2.54. The summed E-state index contributed by atoms with van der Waals surface area (Å²) in [5.74, 6) is 1.22. The molecule has 0 radical (unpaired) electrons. The van der Waals surface area contributed by atoms with Crippen molar-refractivity contribution in [2.45, 2.75) is 38.5 Å². The molecule has 1 heterocycles. The Morgan fingerprint density at radius 3 is 2.56 bits per heavy atom. The Balaban J connectivity index is 0.00000112. The van der Waals surface area contributed by atoms with Crippen LogP contribution in [0.1, 0.15) is 36.5 Å². The minimum atomic E-state index is 0. The lowest BCUT2D eigenvalue weighted by molar-refractivity contribution is 0.637. The lowest BCUT2D eigenvalue weighted by atomic mass is 10.0. The summed E-state index contributed by atoms with van der Waals surface area (Å²) in [6.45, 7) is 0.761. The number of rotatable bonds is 3. The summed E-state index contributed by atoms with van der Waals surface area (Å²) in [6.07, 6.45) is 7.08. The molecule has 94 valence electrons. The van der Waals surface area contributed by atoms with Gasteiger partial charge in [0.25, 0.3) is 0 Å². The van der Waals surface area contributed by atoms with Crippen molar-refractivity contribution >= 4 is 24.8 Å². The van der Waals surface area contributed by atoms with Crippen LogP contribution in [0.2, 0.25) is 0 Å². The molecule has 2 N–H and O–H groups in total. The van der Waals surface area contributed by atoms with Gasteiger partial charge in [-0.2, -0.15) is 0 Å². The maximum Gasteiger partial charge on any atom is 0.108 e. The number of fused-ring (bicyclic) bond motifs is 1. The lowest BCUT2D eigenvalue weighted by Gasteiger charge is -2.11. The van der Waals surface area contributed by atoms with E-state index in [1.807, 2.05) is 0 Å². The molecule has 2 rings (SSSR count). The summed E-state index contributed by atoms with van der Waals surface area (Å²) < 4.78 is 2.28. The second kappa shape index (κ2) is 7.15. The Morgan fingerprint density at radius 2 is 1.94 bits per heavy atom. The summed E-state index contributed by atoms with van der Waals surface area (Å²) >= 11 is 0. The highest BCUT2D eigenvalue weighted by Gasteiger charge is 2.16. The molecule has 16 heavy (non-hydrogen) atoms. The van der Waals surface area contributed by atoms with Gasteiger partial charge in [0, 0.05) is 19.2 Å². The number of halogens is 2. The van der Waals surface area contributed by atoms with Crippen LogP contribution in [-0.4, -0.2) is 16.1 Å². The topological polar surface area (TPSA) is 43.8 Å². The van der Waals surface area contributed by atoms with Crippen LogP contribution in [0.15, 0.2) is 0 Å². The van der Waals surface area contributed by atoms with E-state index >= 15 is 0 Å². The van der Waals surface area contributed by atoms with E-state index in [1.165, 1.54) is 42.9 Å². The molecule has 0 fully saturated rings. The normalized spacial score (nSPS) is 13.6. The molecule has 0 unspecified atom stereocenters. The van der Waals surface area contributed by atoms with Gasteiger partial charge >= 0.3 is 0 Å². The van der Waals surface area contributed by atoms with Crippen molar-refractivity contribution in [2.75, 3.05) is 6.54 Å². The highest BCUT2D eigenvalue weighted by Crippen LogP contribution is 2.21. The molecule has 1 aromatic heterocycles. The van der Waals surface area contributed by atoms with Crippen molar-refractivity contribution in [3.05, 3.63) is 17.2 Å². The number of imidazole rings is 1. The van der Waals surface area contributed by atoms with Gasteiger partial charge in [-0.3, -0.25) is 0 Å². The van der Waals surface area contributed by atoms with E-state index in [0.29, 0.717) is 0 Å². The molecule has 0 amide bonds. The Bertz CT molecular complexity index is 323. The average molecular weight is 266 g/mol. The minimum Gasteiger partial charge on any atom is -0.335 e. The van der Waals surface area contributed by atoms with Crippen molar-refractivity contribution in [3.8, 4) is 0 Å². The molecular formula is C11H21Cl2N3. The number of aryl methyl sites for hydroxylation is 2. The maximum absolute atomic E-state index is 5.51. The first-order valence-corrected chi connectivity index (χ1v) is 5.56. The van der Waals surface area contributed by atoms with Gasteiger partial charge in [-0.15, -0.1) is 24.8 Å². The van der Waals surface area contributed by atoms with Crippen LogP contribution in [0.5, 0.6) is 0 Å². The van der Waals surface area contributed by atoms with E-state index in [0.717, 1.165) is 19.4 Å². The number of hydrogen-bond acceptors (Lipinski definition) is 2. The Kier molecular flexibility index (Phi) is 7.04. The Hall–Kier alpha value is -0.250. The molecule has 0 spiro atoms. The van der Waals surface area contributed by atoms with Crippen molar-refractivity contribution in [2.24, 2.45) is 12.8 Å². The molecular weight excluding hydrogens is 245 g/mol. The predicted molar refractivity (Wildman–Crippen MR) is 71.7 cm³/mol. The fourth-order valence-electron chi connectivity index (χ4n) is 2.23. The van der Waals surface area contributed by atoms with Gasteiger partial charge in [0.05, 0.1) is 5.69 Å². The highest BCUT2D eigenvalue weighted by atomic mass is 35.5. The monoisotopic (exact) mass is 265 g/mol. The van der Waals surface area contributed by atoms with Gasteiger partial charge in [-0.1, -0.05) is 0 Å². The molecule has 1 aliphatic rings. The summed E-state index contributed by atoms with van der Waals surface area (Å²) in [6, 6.07) is 0. The maximum atomic E-state index is 5.51. The van der Waals surface area contributed by atoms with E-state index in [2.05, 4.69) is 11.6 Å². The fourth-order valence-corrected chi connectivity index (χ4v) is 2.23. The van der Waals surface area contributed by atoms with Crippen molar-refractivity contribution in [3.63, 3.8) is 0 Å². The third-order valence-electron chi connectivity index (χ3n) is 3.07. The van der Waals surface area contributed by atoms with E-state index in [1.54, 1.807) is 0 Å². The second-order valence-electron chi connectivity index (χ2n) is 4.08. The fraction of sp³-hybridized carbons (Fsp3) is 0.727. The third-order valence-corrected chi connectivity index (χ3v) is 3.07. The van der Waals surface area contributed by atoms with Crippen LogP contribution in [0.3, 0.4) is 0 Å². The number of hydrogen-bond donors (Lipinski definition) is 1. The van der Waals surface area contributed by atoms with Gasteiger partial charge in [0.15, 0.2) is 0 Å². The van der Waals surface area contributed by atoms with Crippen LogP contribution in [0, 0.1) is 0 Å². The molecule has 0 aliphatic heterocycles. The van der Waals surface area contributed by atoms with Gasteiger partial charge in [-0.05, 0) is 38.6 Å². The standard InChI is InChI=1S/C11H19N3.2ClH/c1-14-10-6-3-2-5-9(10)13-11(14)7-4-8-12;;/h2-8,12H2,1H3;2*1H. The summed E-state index contributed by atoms with van der Waals surface area (Å²) in [5, 5.41) is 0. The molecule has 5 heteroatoms. The third kappa shape index (κ3) is 3.12. The van der Waals surface area contributed by atoms with Crippen LogP contribution in [0.4, 0.5) is 0 Å². The van der Waals surface area contributed by atoms with Crippen molar-refractivity contribution in [1.82, 2.24) is 9.55 Å². The zero-order chi connectivity index (χ0) is 9.97. The van der Waals surface area contributed by atoms with Crippen LogP contribution >= 0.6 is 24.8 Å². The summed E-state index contributed by atoms with van der Waals surface area (Å²) in [7, 11) is 2.14. The first kappa shape index (κ1) is 15.8. The minimum absolute atomic E-state index is 0. The van der Waals surface area contributed by atoms with Crippen LogP contribution < -0.4 is 5.73 Å². The number of nitrogens with two attached hydrogens (primary N) is 1. The zero-order valence-electron chi connectivity index (χ0n) is 9.74. The quantitative estimate of drug-likeness (QED) is 0.909. The Labute approximate surface area is 110 Å². The highest BCUT2D eigenvalue weighted by molar-refractivity contribution is 5.85. The number of nitrogens with zero attached hydrogens (tertiary/aromatic N) is 2. The first-order valence-electron chi connectivity index (χ1n) is 5.56. The molecule has 1 aliphatic carbocycles. The summed E-state index contributed by atoms with van der Waals surface area (Å²) in [4.78, 5) is 4.70. The van der Waals surface area contributed by atoms with Crippen LogP contribution in [-0.2, 0) is 26.3 Å². The van der Waals surface area contributed by atoms with E-state index in [9.17, 15) is 0 Å². The Morgan fingerprint density at radius 1 is 1.25 bits per heavy atom. The van der Waals surface area contributed by atoms with Crippen molar-refractivity contribution in [1.29, 1.82) is 0 Å². The van der Waals surface area contributed by atoms with E-state index < -0.39 is 0 Å². The molecule has 1 aromatic rings. The van der Waals surface area contributed by atoms with Crippen molar-refractivity contribution < 1.29 is 0 Å². The van der Waals surface area contributed by atoms with E-state index in [-0.39, 0.29) is 24.8 Å². The second-order valence-corrected chi connectivity index (χ2v) is 4.08. The smallest absolute Gasteiger partial charge is 0.108 e. The van der Waals surface area contributed by atoms with Gasteiger partial charge in [0.1, 0.15) is 5.82 Å². The van der Waals surface area contributed by atoms with E-state index in [4.69, 9.17) is 10.7 Å². The first-order chi connectivity index (χ1) is 6.83. The SMILES string of the molecule is Cl.Cl.Cn1c(CCCN)nc2c1CCCC2. The number of aromatic nitrogens is 2. The zero-order valence-corrected chi connectivity index (χ0v) is 11.4. The molecule has 0 bridgehead atoms. The molecule has 0 atom stereocenters. The van der Waals surface area contributed by atoms with Gasteiger partial charge in [0.2, 0.25) is 0 Å². The molecule has 0 saturated carbocycles. The predicted octanol–water partition coefficient (Wildman–Crippen LogP) is 2.03. The molecule has 0 saturated heterocycles. The largest absolute Gasteiger partial charge is 0.335 e.